The minimum Gasteiger partial charge on any atom is -0.378 e. The van der Waals surface area contributed by atoms with E-state index >= 15 is 0 Å². The molecule has 3 atom stereocenters. The number of nitrogens with two attached hydrogens (primary N) is 1. The second-order valence-electron chi connectivity index (χ2n) is 4.12. The SMILES string of the molecule is CCOC(CCN)C[C@@H]1CNC[C@H](C)O1. The Morgan fingerprint density at radius 1 is 1.53 bits per heavy atom. The average molecular weight is 216 g/mol. The molecule has 0 aromatic rings. The maximum absolute atomic E-state index is 5.83. The molecule has 4 heteroatoms. The topological polar surface area (TPSA) is 56.5 Å². The van der Waals surface area contributed by atoms with Gasteiger partial charge in [-0.1, -0.05) is 0 Å². The zero-order valence-corrected chi connectivity index (χ0v) is 9.87. The summed E-state index contributed by atoms with van der Waals surface area (Å²) in [6.45, 7) is 7.43. The van der Waals surface area contributed by atoms with Gasteiger partial charge in [-0.05, 0) is 26.8 Å². The molecule has 1 saturated heterocycles. The van der Waals surface area contributed by atoms with Crippen molar-refractivity contribution in [3.8, 4) is 0 Å². The van der Waals surface area contributed by atoms with Gasteiger partial charge in [0.25, 0.3) is 0 Å². The molecule has 1 fully saturated rings. The minimum absolute atomic E-state index is 0.247. The Bertz CT molecular complexity index is 158. The van der Waals surface area contributed by atoms with Crippen molar-refractivity contribution in [3.05, 3.63) is 0 Å². The van der Waals surface area contributed by atoms with Crippen molar-refractivity contribution < 1.29 is 9.47 Å². The zero-order valence-electron chi connectivity index (χ0n) is 9.87. The van der Waals surface area contributed by atoms with Crippen molar-refractivity contribution >= 4 is 0 Å². The van der Waals surface area contributed by atoms with Crippen molar-refractivity contribution in [2.24, 2.45) is 5.73 Å². The maximum atomic E-state index is 5.83. The van der Waals surface area contributed by atoms with E-state index in [0.717, 1.165) is 32.5 Å². The van der Waals surface area contributed by atoms with Crippen LogP contribution in [0.4, 0.5) is 0 Å². The van der Waals surface area contributed by atoms with Gasteiger partial charge < -0.3 is 20.5 Å². The monoisotopic (exact) mass is 216 g/mol. The first-order valence-corrected chi connectivity index (χ1v) is 5.94. The Kier molecular flexibility index (Phi) is 6.17. The number of ether oxygens (including phenoxy) is 2. The summed E-state index contributed by atoms with van der Waals surface area (Å²) in [5.74, 6) is 0. The first-order valence-electron chi connectivity index (χ1n) is 5.94. The third-order valence-corrected chi connectivity index (χ3v) is 2.65. The summed E-state index contributed by atoms with van der Waals surface area (Å²) in [4.78, 5) is 0. The Labute approximate surface area is 92.5 Å². The highest BCUT2D eigenvalue weighted by Gasteiger charge is 2.22. The summed E-state index contributed by atoms with van der Waals surface area (Å²) >= 11 is 0. The van der Waals surface area contributed by atoms with E-state index in [9.17, 15) is 0 Å². The third kappa shape index (κ3) is 4.93. The summed E-state index contributed by atoms with van der Waals surface area (Å²) in [5.41, 5.74) is 5.56. The van der Waals surface area contributed by atoms with Gasteiger partial charge in [-0.3, -0.25) is 0 Å². The lowest BCUT2D eigenvalue weighted by Gasteiger charge is -2.31. The van der Waals surface area contributed by atoms with Crippen LogP contribution in [0.25, 0.3) is 0 Å². The van der Waals surface area contributed by atoms with Crippen molar-refractivity contribution in [1.29, 1.82) is 0 Å². The molecule has 1 heterocycles. The highest BCUT2D eigenvalue weighted by molar-refractivity contribution is 4.75. The second-order valence-corrected chi connectivity index (χ2v) is 4.12. The molecule has 90 valence electrons. The van der Waals surface area contributed by atoms with Gasteiger partial charge in [-0.15, -0.1) is 0 Å². The van der Waals surface area contributed by atoms with Crippen molar-refractivity contribution in [1.82, 2.24) is 5.32 Å². The summed E-state index contributed by atoms with van der Waals surface area (Å²) in [7, 11) is 0. The van der Waals surface area contributed by atoms with E-state index in [1.54, 1.807) is 0 Å². The van der Waals surface area contributed by atoms with Crippen LogP contribution < -0.4 is 11.1 Å². The fourth-order valence-electron chi connectivity index (χ4n) is 2.00. The normalized spacial score (nSPS) is 29.0. The molecule has 0 aromatic heterocycles. The van der Waals surface area contributed by atoms with Crippen LogP contribution in [0, 0.1) is 0 Å². The van der Waals surface area contributed by atoms with Gasteiger partial charge in [0, 0.05) is 26.1 Å². The quantitative estimate of drug-likeness (QED) is 0.679. The second kappa shape index (κ2) is 7.17. The fourth-order valence-corrected chi connectivity index (χ4v) is 2.00. The van der Waals surface area contributed by atoms with E-state index in [-0.39, 0.29) is 12.2 Å². The van der Waals surface area contributed by atoms with E-state index < -0.39 is 0 Å². The molecule has 1 aliphatic rings. The molecule has 3 N–H and O–H groups in total. The van der Waals surface area contributed by atoms with E-state index in [4.69, 9.17) is 15.2 Å². The highest BCUT2D eigenvalue weighted by atomic mass is 16.5. The van der Waals surface area contributed by atoms with Crippen LogP contribution in [-0.2, 0) is 9.47 Å². The molecule has 0 aromatic carbocycles. The van der Waals surface area contributed by atoms with Crippen LogP contribution in [0.15, 0.2) is 0 Å². The molecule has 4 nitrogen and oxygen atoms in total. The standard InChI is InChI=1S/C11H24N2O2/c1-3-14-10(4-5-12)6-11-8-13-7-9(2)15-11/h9-11,13H,3-8,12H2,1-2H3/t9-,10?,11+/m0/s1. The van der Waals surface area contributed by atoms with Crippen LogP contribution in [0.2, 0.25) is 0 Å². The summed E-state index contributed by atoms with van der Waals surface area (Å²) in [6.07, 6.45) is 2.70. The van der Waals surface area contributed by atoms with Gasteiger partial charge in [0.1, 0.15) is 0 Å². The highest BCUT2D eigenvalue weighted by Crippen LogP contribution is 2.13. The van der Waals surface area contributed by atoms with Gasteiger partial charge in [0.15, 0.2) is 0 Å². The molecule has 0 bridgehead atoms. The predicted molar refractivity (Wildman–Crippen MR) is 60.9 cm³/mol. The molecule has 1 rings (SSSR count). The lowest BCUT2D eigenvalue weighted by Crippen LogP contribution is -2.45. The maximum Gasteiger partial charge on any atom is 0.0728 e. The predicted octanol–water partition coefficient (Wildman–Crippen LogP) is 0.507. The molecule has 15 heavy (non-hydrogen) atoms. The molecular formula is C11H24N2O2. The minimum atomic E-state index is 0.247. The van der Waals surface area contributed by atoms with Gasteiger partial charge in [0.05, 0.1) is 18.3 Å². The van der Waals surface area contributed by atoms with E-state index in [1.807, 2.05) is 6.92 Å². The Balaban J connectivity index is 2.28. The third-order valence-electron chi connectivity index (χ3n) is 2.65. The van der Waals surface area contributed by atoms with Crippen molar-refractivity contribution in [2.75, 3.05) is 26.2 Å². The summed E-state index contributed by atoms with van der Waals surface area (Å²) in [5, 5.41) is 3.36. The number of rotatable bonds is 6. The number of hydrogen-bond acceptors (Lipinski definition) is 4. The van der Waals surface area contributed by atoms with Gasteiger partial charge in [-0.2, -0.15) is 0 Å². The molecule has 0 saturated carbocycles. The van der Waals surface area contributed by atoms with Crippen LogP contribution >= 0.6 is 0 Å². The van der Waals surface area contributed by atoms with Gasteiger partial charge in [0.2, 0.25) is 0 Å². The first-order chi connectivity index (χ1) is 7.26. The van der Waals surface area contributed by atoms with Crippen LogP contribution in [-0.4, -0.2) is 44.6 Å². The summed E-state index contributed by atoms with van der Waals surface area (Å²) < 4.78 is 11.5. The van der Waals surface area contributed by atoms with E-state index in [0.29, 0.717) is 12.6 Å². The number of nitrogens with one attached hydrogen (secondary N) is 1. The molecule has 1 aliphatic heterocycles. The number of hydrogen-bond donors (Lipinski definition) is 2. The lowest BCUT2D eigenvalue weighted by atomic mass is 10.1. The Morgan fingerprint density at radius 2 is 2.33 bits per heavy atom. The smallest absolute Gasteiger partial charge is 0.0728 e. The largest absolute Gasteiger partial charge is 0.378 e. The first kappa shape index (κ1) is 12.9. The molecule has 0 aliphatic carbocycles. The molecule has 0 amide bonds. The number of morpholine rings is 1. The van der Waals surface area contributed by atoms with Crippen LogP contribution in [0.3, 0.4) is 0 Å². The van der Waals surface area contributed by atoms with Crippen LogP contribution in [0.1, 0.15) is 26.7 Å². The lowest BCUT2D eigenvalue weighted by molar-refractivity contribution is -0.0613. The summed E-state index contributed by atoms with van der Waals surface area (Å²) in [6, 6.07) is 0. The van der Waals surface area contributed by atoms with Crippen molar-refractivity contribution in [3.63, 3.8) is 0 Å². The van der Waals surface area contributed by atoms with Crippen LogP contribution in [0.5, 0.6) is 0 Å². The molecular weight excluding hydrogens is 192 g/mol. The molecule has 1 unspecified atom stereocenters. The van der Waals surface area contributed by atoms with E-state index in [2.05, 4.69) is 12.2 Å². The van der Waals surface area contributed by atoms with Gasteiger partial charge in [-0.25, -0.2) is 0 Å². The zero-order chi connectivity index (χ0) is 11.1. The molecule has 0 radical (unpaired) electrons. The Hall–Kier alpha value is -0.160. The van der Waals surface area contributed by atoms with E-state index in [1.165, 1.54) is 0 Å². The Morgan fingerprint density at radius 3 is 2.93 bits per heavy atom. The van der Waals surface area contributed by atoms with Gasteiger partial charge >= 0.3 is 0 Å². The average Bonchev–Trinajstić information content (AvgIpc) is 2.18. The van der Waals surface area contributed by atoms with Crippen molar-refractivity contribution in [2.45, 2.75) is 45.0 Å². The fraction of sp³-hybridized carbons (Fsp3) is 1.00. The molecule has 0 spiro atoms.